The van der Waals surface area contributed by atoms with E-state index in [0.29, 0.717) is 12.1 Å². The third-order valence-electron chi connectivity index (χ3n) is 5.87. The van der Waals surface area contributed by atoms with Crippen LogP contribution >= 0.6 is 0 Å². The lowest BCUT2D eigenvalue weighted by molar-refractivity contribution is -0.188. The fourth-order valence-electron chi connectivity index (χ4n) is 3.73. The number of halogens is 8. The third kappa shape index (κ3) is 6.00. The summed E-state index contributed by atoms with van der Waals surface area (Å²) in [7, 11) is 0. The van der Waals surface area contributed by atoms with E-state index in [1.807, 2.05) is 0 Å². The van der Waals surface area contributed by atoms with Gasteiger partial charge in [-0.15, -0.1) is 0 Å². The molecule has 4 rings (SSSR count). The van der Waals surface area contributed by atoms with Gasteiger partial charge in [0.2, 0.25) is 0 Å². The number of benzene rings is 4. The van der Waals surface area contributed by atoms with Crippen molar-refractivity contribution in [3.05, 3.63) is 129 Å². The lowest BCUT2D eigenvalue weighted by Gasteiger charge is -2.20. The van der Waals surface area contributed by atoms with Gasteiger partial charge in [0.05, 0.1) is 0 Å². The molecule has 0 fully saturated rings. The van der Waals surface area contributed by atoms with Crippen LogP contribution in [0.1, 0.15) is 33.4 Å². The Hall–Kier alpha value is -4.08. The predicted octanol–water partition coefficient (Wildman–Crippen LogP) is 8.71. The summed E-state index contributed by atoms with van der Waals surface area (Å²) in [6.45, 7) is 3.42. The Labute approximate surface area is 218 Å². The molecule has 0 N–H and O–H groups in total. The zero-order valence-corrected chi connectivity index (χ0v) is 20.5. The SMILES string of the molecule is Cc1ccc(OC(F)(F)c2ccc(Cc3ccc(C(F)(F)Oc4ccc(C)cc4)c(F)c3F)c(F)c2F)cc1. The fraction of sp³-hybridized carbons (Fsp3) is 0.172. The summed E-state index contributed by atoms with van der Waals surface area (Å²) in [5, 5.41) is 0. The van der Waals surface area contributed by atoms with Crippen molar-refractivity contribution in [3.8, 4) is 11.5 Å². The van der Waals surface area contributed by atoms with E-state index in [0.717, 1.165) is 23.3 Å². The smallest absolute Gasteiger partial charge is 0.429 e. The van der Waals surface area contributed by atoms with Crippen molar-refractivity contribution in [1.82, 2.24) is 0 Å². The summed E-state index contributed by atoms with van der Waals surface area (Å²) in [5.74, 6) is -8.01. The zero-order chi connectivity index (χ0) is 28.5. The fourth-order valence-corrected chi connectivity index (χ4v) is 3.73. The first-order valence-electron chi connectivity index (χ1n) is 11.5. The first-order valence-corrected chi connectivity index (χ1v) is 11.5. The number of hydrogen-bond acceptors (Lipinski definition) is 2. The molecule has 0 aliphatic heterocycles. The largest absolute Gasteiger partial charge is 0.429 e. The van der Waals surface area contributed by atoms with E-state index in [1.165, 1.54) is 48.5 Å². The van der Waals surface area contributed by atoms with Crippen molar-refractivity contribution in [2.24, 2.45) is 0 Å². The van der Waals surface area contributed by atoms with Crippen LogP contribution in [0.5, 0.6) is 11.5 Å². The first kappa shape index (κ1) is 27.9. The van der Waals surface area contributed by atoms with Crippen LogP contribution in [0.2, 0.25) is 0 Å². The number of rotatable bonds is 8. The third-order valence-corrected chi connectivity index (χ3v) is 5.87. The van der Waals surface area contributed by atoms with Gasteiger partial charge in [-0.3, -0.25) is 0 Å². The minimum absolute atomic E-state index is 0.296. The maximum absolute atomic E-state index is 14.7. The van der Waals surface area contributed by atoms with E-state index in [-0.39, 0.29) is 11.5 Å². The molecule has 0 amide bonds. The van der Waals surface area contributed by atoms with Gasteiger partial charge in [-0.2, -0.15) is 17.6 Å². The number of aryl methyl sites for hydroxylation is 2. The van der Waals surface area contributed by atoms with Crippen LogP contribution in [0, 0.1) is 37.1 Å². The highest BCUT2D eigenvalue weighted by molar-refractivity contribution is 5.37. The van der Waals surface area contributed by atoms with Crippen molar-refractivity contribution in [3.63, 3.8) is 0 Å². The first-order chi connectivity index (χ1) is 18.3. The van der Waals surface area contributed by atoms with E-state index >= 15 is 0 Å². The van der Waals surface area contributed by atoms with Crippen LogP contribution in [0.15, 0.2) is 72.8 Å². The minimum atomic E-state index is -4.26. The van der Waals surface area contributed by atoms with E-state index in [2.05, 4.69) is 9.47 Å². The van der Waals surface area contributed by atoms with Crippen LogP contribution in [0.25, 0.3) is 0 Å². The molecule has 2 nitrogen and oxygen atoms in total. The molecule has 39 heavy (non-hydrogen) atoms. The standard InChI is InChI=1S/C29H20F8O2/c1-16-3-9-20(10-4-16)38-28(34,35)22-13-7-18(24(30)26(22)32)15-19-8-14-23(27(33)25(19)31)29(36,37)39-21-11-5-17(2)6-12-21/h3-14H,15H2,1-2H3. The van der Waals surface area contributed by atoms with Gasteiger partial charge in [-0.05, 0) is 61.4 Å². The maximum Gasteiger partial charge on any atom is 0.429 e. The van der Waals surface area contributed by atoms with Gasteiger partial charge in [0.25, 0.3) is 0 Å². The van der Waals surface area contributed by atoms with Crippen molar-refractivity contribution in [2.45, 2.75) is 32.5 Å². The van der Waals surface area contributed by atoms with Crippen LogP contribution in [0.3, 0.4) is 0 Å². The lowest BCUT2D eigenvalue weighted by atomic mass is 9.99. The molecule has 204 valence electrons. The van der Waals surface area contributed by atoms with E-state index in [4.69, 9.17) is 0 Å². The van der Waals surface area contributed by atoms with E-state index in [9.17, 15) is 35.1 Å². The molecule has 0 aromatic heterocycles. The molecule has 0 saturated heterocycles. The molecule has 0 aliphatic carbocycles. The number of ether oxygens (including phenoxy) is 2. The molecule has 0 radical (unpaired) electrons. The van der Waals surface area contributed by atoms with Gasteiger partial charge in [-0.1, -0.05) is 47.5 Å². The van der Waals surface area contributed by atoms with Crippen LogP contribution in [-0.4, -0.2) is 0 Å². The minimum Gasteiger partial charge on any atom is -0.429 e. The summed E-state index contributed by atoms with van der Waals surface area (Å²) >= 11 is 0. The molecule has 4 aromatic carbocycles. The average molecular weight is 552 g/mol. The zero-order valence-electron chi connectivity index (χ0n) is 20.5. The Morgan fingerprint density at radius 2 is 0.821 bits per heavy atom. The molecule has 0 saturated carbocycles. The van der Waals surface area contributed by atoms with Crippen LogP contribution in [-0.2, 0) is 18.6 Å². The van der Waals surface area contributed by atoms with E-state index < -0.39 is 64.2 Å². The van der Waals surface area contributed by atoms with Gasteiger partial charge in [0.1, 0.15) is 22.6 Å². The summed E-state index contributed by atoms with van der Waals surface area (Å²) in [6, 6.07) is 13.4. The highest BCUT2D eigenvalue weighted by Crippen LogP contribution is 2.37. The Morgan fingerprint density at radius 3 is 1.15 bits per heavy atom. The highest BCUT2D eigenvalue weighted by atomic mass is 19.3. The molecule has 0 spiro atoms. The highest BCUT2D eigenvalue weighted by Gasteiger charge is 2.41. The van der Waals surface area contributed by atoms with Crippen molar-refractivity contribution in [1.29, 1.82) is 0 Å². The van der Waals surface area contributed by atoms with Crippen molar-refractivity contribution in [2.75, 3.05) is 0 Å². The molecule has 0 unspecified atom stereocenters. The van der Waals surface area contributed by atoms with Gasteiger partial charge in [0, 0.05) is 6.42 Å². The molecule has 10 heteroatoms. The van der Waals surface area contributed by atoms with E-state index in [1.54, 1.807) is 13.8 Å². The average Bonchev–Trinajstić information content (AvgIpc) is 2.87. The molecule has 4 aromatic rings. The summed E-state index contributed by atoms with van der Waals surface area (Å²) in [5.41, 5.74) is -2.55. The predicted molar refractivity (Wildman–Crippen MR) is 127 cm³/mol. The molecule has 0 atom stereocenters. The van der Waals surface area contributed by atoms with Crippen LogP contribution < -0.4 is 9.47 Å². The normalized spacial score (nSPS) is 11.9. The van der Waals surface area contributed by atoms with Crippen molar-refractivity contribution < 1.29 is 44.6 Å². The molecule has 0 aliphatic rings. The number of alkyl halides is 4. The van der Waals surface area contributed by atoms with Gasteiger partial charge < -0.3 is 9.47 Å². The quantitative estimate of drug-likeness (QED) is 0.204. The molecule has 0 bridgehead atoms. The van der Waals surface area contributed by atoms with Crippen LogP contribution in [0.4, 0.5) is 35.1 Å². The molecular formula is C29H20F8O2. The Bertz CT molecular complexity index is 1370. The Kier molecular flexibility index (Phi) is 7.59. The van der Waals surface area contributed by atoms with Gasteiger partial charge in [0.15, 0.2) is 23.3 Å². The Balaban J connectivity index is 1.57. The molecular weight excluding hydrogens is 532 g/mol. The second-order valence-corrected chi connectivity index (χ2v) is 8.84. The Morgan fingerprint density at radius 1 is 0.487 bits per heavy atom. The van der Waals surface area contributed by atoms with Crippen molar-refractivity contribution >= 4 is 0 Å². The van der Waals surface area contributed by atoms with Gasteiger partial charge >= 0.3 is 12.2 Å². The number of hydrogen-bond donors (Lipinski definition) is 0. The molecule has 0 heterocycles. The summed E-state index contributed by atoms with van der Waals surface area (Å²) < 4.78 is 126. The summed E-state index contributed by atoms with van der Waals surface area (Å²) in [4.78, 5) is 0. The monoisotopic (exact) mass is 552 g/mol. The van der Waals surface area contributed by atoms with Gasteiger partial charge in [-0.25, -0.2) is 17.6 Å². The lowest BCUT2D eigenvalue weighted by Crippen LogP contribution is -2.25. The second-order valence-electron chi connectivity index (χ2n) is 8.84. The maximum atomic E-state index is 14.7. The topological polar surface area (TPSA) is 18.5 Å². The summed E-state index contributed by atoms with van der Waals surface area (Å²) in [6.07, 6.45) is -9.34. The second kappa shape index (κ2) is 10.6.